The summed E-state index contributed by atoms with van der Waals surface area (Å²) in [5.74, 6) is 2.44. The van der Waals surface area contributed by atoms with Crippen molar-refractivity contribution in [1.29, 1.82) is 0 Å². The molecule has 0 radical (unpaired) electrons. The molecule has 3 aromatic heterocycles. The molecule has 9 heteroatoms. The van der Waals surface area contributed by atoms with Crippen molar-refractivity contribution in [2.45, 2.75) is 25.6 Å². The maximum atomic E-state index is 6.48. The third-order valence-electron chi connectivity index (χ3n) is 7.08. The molecule has 0 unspecified atom stereocenters. The van der Waals surface area contributed by atoms with Crippen LogP contribution in [0.2, 0.25) is 5.02 Å². The number of ether oxygens (including phenoxy) is 3. The van der Waals surface area contributed by atoms with Crippen LogP contribution in [0.3, 0.4) is 0 Å². The van der Waals surface area contributed by atoms with E-state index in [9.17, 15) is 0 Å². The number of hydrogen-bond donors (Lipinski definition) is 0. The summed E-state index contributed by atoms with van der Waals surface area (Å²) >= 11 is 7.76. The van der Waals surface area contributed by atoms with Crippen LogP contribution in [0.1, 0.15) is 17.7 Å². The van der Waals surface area contributed by atoms with E-state index in [1.54, 1.807) is 17.5 Å². The molecule has 5 aromatic rings. The van der Waals surface area contributed by atoms with Crippen LogP contribution in [0.25, 0.3) is 26.6 Å². The van der Waals surface area contributed by atoms with Crippen LogP contribution in [0.5, 0.6) is 11.5 Å². The first-order chi connectivity index (χ1) is 19.2. The van der Waals surface area contributed by atoms with Gasteiger partial charge in [-0.1, -0.05) is 23.7 Å². The molecule has 39 heavy (non-hydrogen) atoms. The highest BCUT2D eigenvalue weighted by molar-refractivity contribution is 7.21. The number of nitrogens with zero attached hydrogens (tertiary/aromatic N) is 4. The van der Waals surface area contributed by atoms with Gasteiger partial charge in [0.15, 0.2) is 11.5 Å². The van der Waals surface area contributed by atoms with Crippen molar-refractivity contribution in [2.75, 3.05) is 26.4 Å². The molecule has 0 spiro atoms. The second kappa shape index (κ2) is 10.6. The van der Waals surface area contributed by atoms with Crippen LogP contribution >= 0.6 is 22.9 Å². The Morgan fingerprint density at radius 3 is 2.87 bits per heavy atom. The summed E-state index contributed by atoms with van der Waals surface area (Å²) in [6, 6.07) is 20.5. The third-order valence-corrected chi connectivity index (χ3v) is 8.39. The molecule has 2 aliphatic rings. The Morgan fingerprint density at radius 1 is 1.08 bits per heavy atom. The predicted molar refractivity (Wildman–Crippen MR) is 153 cm³/mol. The molecule has 0 aliphatic carbocycles. The number of pyridine rings is 1. The Kier molecular flexibility index (Phi) is 6.70. The summed E-state index contributed by atoms with van der Waals surface area (Å²) in [4.78, 5) is 11.8. The number of hydrogen-bond acceptors (Lipinski definition) is 7. The molecule has 7 rings (SSSR count). The number of benzene rings is 2. The highest BCUT2D eigenvalue weighted by Crippen LogP contribution is 2.41. The van der Waals surface area contributed by atoms with E-state index in [1.807, 2.05) is 24.4 Å². The van der Waals surface area contributed by atoms with Gasteiger partial charge in [0, 0.05) is 55.3 Å². The van der Waals surface area contributed by atoms with Crippen molar-refractivity contribution in [3.05, 3.63) is 89.3 Å². The number of halogens is 1. The molecule has 0 amide bonds. The zero-order valence-corrected chi connectivity index (χ0v) is 22.8. The molecule has 1 atom stereocenters. The fraction of sp³-hybridized carbons (Fsp3) is 0.267. The van der Waals surface area contributed by atoms with Crippen LogP contribution in [0, 0.1) is 0 Å². The minimum Gasteiger partial charge on any atom is -0.488 e. The molecule has 0 saturated carbocycles. The lowest BCUT2D eigenvalue weighted by atomic mass is 10.1. The van der Waals surface area contributed by atoms with E-state index in [0.717, 1.165) is 77.3 Å². The normalized spacial score (nSPS) is 17.6. The fourth-order valence-electron chi connectivity index (χ4n) is 5.17. The van der Waals surface area contributed by atoms with Crippen LogP contribution in [0.15, 0.2) is 73.1 Å². The lowest BCUT2D eigenvalue weighted by Gasteiger charge is -2.21. The largest absolute Gasteiger partial charge is 0.488 e. The summed E-state index contributed by atoms with van der Waals surface area (Å²) in [6.45, 7) is 4.16. The number of thiazole rings is 1. The van der Waals surface area contributed by atoms with Crippen molar-refractivity contribution in [1.82, 2.24) is 19.4 Å². The van der Waals surface area contributed by atoms with Gasteiger partial charge in [-0.15, -0.1) is 11.3 Å². The van der Waals surface area contributed by atoms with Gasteiger partial charge in [0.05, 0.1) is 28.5 Å². The second-order valence-corrected chi connectivity index (χ2v) is 11.3. The van der Waals surface area contributed by atoms with Crippen molar-refractivity contribution in [3.8, 4) is 27.9 Å². The Morgan fingerprint density at radius 2 is 2.03 bits per heavy atom. The number of para-hydroxylation sites is 1. The molecular weight excluding hydrogens is 532 g/mol. The lowest BCUT2D eigenvalue weighted by molar-refractivity contribution is 0.137. The van der Waals surface area contributed by atoms with Crippen molar-refractivity contribution in [2.24, 2.45) is 0 Å². The third kappa shape index (κ3) is 5.13. The average Bonchev–Trinajstić information content (AvgIpc) is 3.69. The number of aromatic nitrogens is 3. The van der Waals surface area contributed by atoms with Gasteiger partial charge in [-0.2, -0.15) is 0 Å². The standard InChI is InChI=1S/C30H27ClN4O3S/c31-22-7-8-28(32-16-22)35-10-3-4-23(35)18-34-11-13-37-29-21(17-34)14-20(15-26(29)38-24-9-12-36-19-24)30-33-25-5-1-2-6-27(25)39-30/h1-8,10,14-16,24H,9,11-13,17-19H2/t24-/m1/s1. The van der Waals surface area contributed by atoms with E-state index >= 15 is 0 Å². The van der Waals surface area contributed by atoms with Gasteiger partial charge < -0.3 is 18.8 Å². The molecule has 198 valence electrons. The van der Waals surface area contributed by atoms with Crippen LogP contribution in [-0.4, -0.2) is 51.9 Å². The van der Waals surface area contributed by atoms with E-state index < -0.39 is 0 Å². The van der Waals surface area contributed by atoms with E-state index in [1.165, 1.54) is 4.70 Å². The van der Waals surface area contributed by atoms with Crippen molar-refractivity contribution in [3.63, 3.8) is 0 Å². The first-order valence-corrected chi connectivity index (χ1v) is 14.3. The van der Waals surface area contributed by atoms with Crippen LogP contribution in [-0.2, 0) is 17.8 Å². The van der Waals surface area contributed by atoms with Gasteiger partial charge in [-0.3, -0.25) is 4.90 Å². The maximum absolute atomic E-state index is 6.48. The van der Waals surface area contributed by atoms with Gasteiger partial charge >= 0.3 is 0 Å². The summed E-state index contributed by atoms with van der Waals surface area (Å²) < 4.78 is 21.7. The molecule has 7 nitrogen and oxygen atoms in total. The van der Waals surface area contributed by atoms with Gasteiger partial charge in [0.2, 0.25) is 0 Å². The van der Waals surface area contributed by atoms with Gasteiger partial charge in [-0.05, 0) is 48.5 Å². The van der Waals surface area contributed by atoms with Crippen LogP contribution in [0.4, 0.5) is 0 Å². The quantitative estimate of drug-likeness (QED) is 0.241. The molecule has 2 aliphatic heterocycles. The maximum Gasteiger partial charge on any atom is 0.165 e. The minimum atomic E-state index is 0.0258. The van der Waals surface area contributed by atoms with Crippen molar-refractivity contribution < 1.29 is 14.2 Å². The molecule has 0 bridgehead atoms. The van der Waals surface area contributed by atoms with Crippen LogP contribution < -0.4 is 9.47 Å². The monoisotopic (exact) mass is 558 g/mol. The zero-order valence-electron chi connectivity index (χ0n) is 21.3. The molecule has 5 heterocycles. The zero-order chi connectivity index (χ0) is 26.2. The summed E-state index contributed by atoms with van der Waals surface area (Å²) in [6.07, 6.45) is 4.62. The number of rotatable bonds is 6. The first kappa shape index (κ1) is 24.6. The molecule has 1 saturated heterocycles. The Hall–Kier alpha value is -3.43. The lowest BCUT2D eigenvalue weighted by Crippen LogP contribution is -2.26. The van der Waals surface area contributed by atoms with Gasteiger partial charge in [-0.25, -0.2) is 9.97 Å². The topological polar surface area (TPSA) is 61.6 Å². The fourth-order valence-corrected chi connectivity index (χ4v) is 6.24. The highest BCUT2D eigenvalue weighted by atomic mass is 35.5. The molecule has 1 fully saturated rings. The van der Waals surface area contributed by atoms with E-state index in [2.05, 4.69) is 56.9 Å². The second-order valence-electron chi connectivity index (χ2n) is 9.82. The SMILES string of the molecule is Clc1ccc(-n2cccc2CN2CCOc3c(cc(-c4nc5ccccc5s4)cc3O[C@@H]3CCOC3)C2)nc1. The number of fused-ring (bicyclic) bond motifs is 2. The molecular formula is C30H27ClN4O3S. The predicted octanol–water partition coefficient (Wildman–Crippen LogP) is 6.36. The van der Waals surface area contributed by atoms with Gasteiger partial charge in [0.25, 0.3) is 0 Å². The summed E-state index contributed by atoms with van der Waals surface area (Å²) in [5.41, 5.74) is 4.30. The smallest absolute Gasteiger partial charge is 0.165 e. The summed E-state index contributed by atoms with van der Waals surface area (Å²) in [7, 11) is 0. The van der Waals surface area contributed by atoms with E-state index in [-0.39, 0.29) is 6.10 Å². The highest BCUT2D eigenvalue weighted by Gasteiger charge is 2.26. The van der Waals surface area contributed by atoms with E-state index in [0.29, 0.717) is 18.2 Å². The first-order valence-electron chi connectivity index (χ1n) is 13.1. The van der Waals surface area contributed by atoms with Crippen molar-refractivity contribution >= 4 is 33.2 Å². The Balaban J connectivity index is 1.22. The Bertz CT molecular complexity index is 1580. The average molecular weight is 559 g/mol. The molecule has 2 aromatic carbocycles. The Labute approximate surface area is 235 Å². The minimum absolute atomic E-state index is 0.0258. The van der Waals surface area contributed by atoms with Gasteiger partial charge in [0.1, 0.15) is 23.5 Å². The molecule has 0 N–H and O–H groups in total. The summed E-state index contributed by atoms with van der Waals surface area (Å²) in [5, 5.41) is 1.60. The van der Waals surface area contributed by atoms with E-state index in [4.69, 9.17) is 30.8 Å².